The number of rotatable bonds is 2. The van der Waals surface area contributed by atoms with Gasteiger partial charge in [-0.2, -0.15) is 0 Å². The Morgan fingerprint density at radius 3 is 2.57 bits per heavy atom. The van der Waals surface area contributed by atoms with Gasteiger partial charge in [0.1, 0.15) is 5.82 Å². The van der Waals surface area contributed by atoms with Crippen LogP contribution in [-0.2, 0) is 4.79 Å². The number of aryl methyl sites for hydroxylation is 1. The lowest BCUT2D eigenvalue weighted by molar-refractivity contribution is -0.113. The Bertz CT molecular complexity index is 813. The second-order valence-corrected chi connectivity index (χ2v) is 7.07. The fraction of sp³-hybridized carbons (Fsp3) is 0.0588. The minimum atomic E-state index is -0.474. The number of halogens is 2. The molecule has 0 unspecified atom stereocenters. The van der Waals surface area contributed by atoms with Gasteiger partial charge in [0.15, 0.2) is 4.32 Å². The second kappa shape index (κ2) is 6.43. The van der Waals surface area contributed by atoms with Crippen LogP contribution in [0, 0.1) is 12.7 Å². The van der Waals surface area contributed by atoms with Crippen molar-refractivity contribution in [3.8, 4) is 0 Å². The third-order valence-electron chi connectivity index (χ3n) is 3.36. The van der Waals surface area contributed by atoms with Gasteiger partial charge in [0.2, 0.25) is 0 Å². The zero-order valence-corrected chi connectivity index (χ0v) is 14.4. The van der Waals surface area contributed by atoms with Crippen LogP contribution in [0.1, 0.15) is 11.1 Å². The molecule has 2 nitrogen and oxygen atoms in total. The molecular weight excluding hydrogens is 353 g/mol. The molecule has 116 valence electrons. The number of thiocarbonyl (C=S) groups is 1. The molecule has 0 aromatic heterocycles. The minimum Gasteiger partial charge on any atom is -0.268 e. The van der Waals surface area contributed by atoms with E-state index in [1.54, 1.807) is 6.07 Å². The van der Waals surface area contributed by atoms with E-state index in [4.69, 9.17) is 23.8 Å². The fourth-order valence-corrected chi connectivity index (χ4v) is 3.66. The molecule has 1 amide bonds. The van der Waals surface area contributed by atoms with Gasteiger partial charge in [-0.25, -0.2) is 4.39 Å². The number of thioether (sulfide) groups is 1. The Morgan fingerprint density at radius 2 is 1.91 bits per heavy atom. The predicted molar refractivity (Wildman–Crippen MR) is 98.2 cm³/mol. The third kappa shape index (κ3) is 3.17. The van der Waals surface area contributed by atoms with E-state index < -0.39 is 5.82 Å². The summed E-state index contributed by atoms with van der Waals surface area (Å²) in [4.78, 5) is 14.4. The number of hydrogen-bond donors (Lipinski definition) is 0. The monoisotopic (exact) mass is 363 g/mol. The lowest BCUT2D eigenvalue weighted by atomic mass is 10.2. The molecule has 0 N–H and O–H groups in total. The maximum Gasteiger partial charge on any atom is 0.270 e. The van der Waals surface area contributed by atoms with E-state index in [9.17, 15) is 9.18 Å². The van der Waals surface area contributed by atoms with Crippen LogP contribution in [0.3, 0.4) is 0 Å². The molecule has 1 heterocycles. The van der Waals surface area contributed by atoms with Crippen molar-refractivity contribution in [2.75, 3.05) is 4.90 Å². The summed E-state index contributed by atoms with van der Waals surface area (Å²) in [6, 6.07) is 11.9. The Balaban J connectivity index is 1.98. The van der Waals surface area contributed by atoms with Crippen molar-refractivity contribution in [3.63, 3.8) is 0 Å². The number of amides is 1. The van der Waals surface area contributed by atoms with Gasteiger partial charge >= 0.3 is 0 Å². The molecule has 1 aliphatic heterocycles. The SMILES string of the molecule is Cc1ccc(N2C(=O)/C(=C/c3c(F)cccc3Cl)SC2=S)cc1. The largest absolute Gasteiger partial charge is 0.270 e. The number of carbonyl (C=O) groups is 1. The number of benzene rings is 2. The van der Waals surface area contributed by atoms with Crippen molar-refractivity contribution in [3.05, 3.63) is 69.3 Å². The van der Waals surface area contributed by atoms with Crippen LogP contribution in [0.15, 0.2) is 47.4 Å². The van der Waals surface area contributed by atoms with Crippen LogP contribution in [0.2, 0.25) is 5.02 Å². The second-order valence-electron chi connectivity index (χ2n) is 4.99. The highest BCUT2D eigenvalue weighted by Gasteiger charge is 2.33. The van der Waals surface area contributed by atoms with Gasteiger partial charge < -0.3 is 0 Å². The highest BCUT2D eigenvalue weighted by Crippen LogP contribution is 2.37. The quantitative estimate of drug-likeness (QED) is 0.540. The number of anilines is 1. The van der Waals surface area contributed by atoms with Crippen LogP contribution in [0.5, 0.6) is 0 Å². The molecule has 3 rings (SSSR count). The van der Waals surface area contributed by atoms with E-state index >= 15 is 0 Å². The molecule has 2 aromatic rings. The van der Waals surface area contributed by atoms with E-state index in [2.05, 4.69) is 0 Å². The van der Waals surface area contributed by atoms with Crippen LogP contribution in [0.25, 0.3) is 6.08 Å². The molecule has 1 saturated heterocycles. The van der Waals surface area contributed by atoms with Crippen molar-refractivity contribution in [1.29, 1.82) is 0 Å². The van der Waals surface area contributed by atoms with Crippen molar-refractivity contribution >= 4 is 57.6 Å². The van der Waals surface area contributed by atoms with Gasteiger partial charge in [0.05, 0.1) is 15.6 Å². The average Bonchev–Trinajstić information content (AvgIpc) is 2.79. The number of nitrogens with zero attached hydrogens (tertiary/aromatic N) is 1. The smallest absolute Gasteiger partial charge is 0.268 e. The van der Waals surface area contributed by atoms with E-state index in [0.29, 0.717) is 14.9 Å². The zero-order valence-electron chi connectivity index (χ0n) is 12.0. The highest BCUT2D eigenvalue weighted by molar-refractivity contribution is 8.27. The molecule has 0 spiro atoms. The van der Waals surface area contributed by atoms with E-state index in [0.717, 1.165) is 17.3 Å². The molecule has 0 bridgehead atoms. The molecule has 1 aliphatic rings. The maximum atomic E-state index is 13.9. The van der Waals surface area contributed by atoms with Gasteiger partial charge in [0, 0.05) is 5.56 Å². The summed E-state index contributed by atoms with van der Waals surface area (Å²) in [6.45, 7) is 1.97. The molecule has 0 saturated carbocycles. The molecule has 2 aromatic carbocycles. The van der Waals surface area contributed by atoms with Crippen LogP contribution in [-0.4, -0.2) is 10.2 Å². The van der Waals surface area contributed by atoms with Crippen molar-refractivity contribution in [2.24, 2.45) is 0 Å². The van der Waals surface area contributed by atoms with E-state index in [-0.39, 0.29) is 16.5 Å². The topological polar surface area (TPSA) is 20.3 Å². The van der Waals surface area contributed by atoms with Crippen LogP contribution >= 0.6 is 35.6 Å². The van der Waals surface area contributed by atoms with Gasteiger partial charge in [-0.3, -0.25) is 9.69 Å². The summed E-state index contributed by atoms with van der Waals surface area (Å²) in [6.07, 6.45) is 1.45. The standard InChI is InChI=1S/C17H11ClFNOS2/c1-10-5-7-11(8-6-10)20-16(21)15(23-17(20)22)9-12-13(18)3-2-4-14(12)19/h2-9H,1H3/b15-9-. The lowest BCUT2D eigenvalue weighted by Crippen LogP contribution is -2.27. The Hall–Kier alpha value is -1.69. The first-order valence-corrected chi connectivity index (χ1v) is 8.36. The van der Waals surface area contributed by atoms with Gasteiger partial charge in [0.25, 0.3) is 5.91 Å². The molecule has 1 fully saturated rings. The van der Waals surface area contributed by atoms with E-state index in [1.807, 2.05) is 31.2 Å². The molecule has 6 heteroatoms. The third-order valence-corrected chi connectivity index (χ3v) is 4.99. The summed E-state index contributed by atoms with van der Waals surface area (Å²) >= 11 is 12.4. The molecule has 0 radical (unpaired) electrons. The van der Waals surface area contributed by atoms with Gasteiger partial charge in [-0.05, 0) is 37.3 Å². The van der Waals surface area contributed by atoms with Gasteiger partial charge in [-0.1, -0.05) is 59.3 Å². The Morgan fingerprint density at radius 1 is 1.22 bits per heavy atom. The van der Waals surface area contributed by atoms with Crippen LogP contribution in [0.4, 0.5) is 10.1 Å². The summed E-state index contributed by atoms with van der Waals surface area (Å²) in [5, 5.41) is 0.255. The molecule has 23 heavy (non-hydrogen) atoms. The first-order valence-electron chi connectivity index (χ1n) is 6.76. The minimum absolute atomic E-state index is 0.193. The number of carbonyl (C=O) groups excluding carboxylic acids is 1. The summed E-state index contributed by atoms with van der Waals surface area (Å²) < 4.78 is 14.3. The zero-order chi connectivity index (χ0) is 16.6. The first-order chi connectivity index (χ1) is 11.0. The average molecular weight is 364 g/mol. The summed E-state index contributed by atoms with van der Waals surface area (Å²) in [7, 11) is 0. The first kappa shape index (κ1) is 16.2. The Kier molecular flexibility index (Phi) is 4.53. The van der Waals surface area contributed by atoms with Crippen molar-refractivity contribution in [1.82, 2.24) is 0 Å². The number of hydrogen-bond acceptors (Lipinski definition) is 3. The molecule has 0 atom stereocenters. The fourth-order valence-electron chi connectivity index (χ4n) is 2.16. The van der Waals surface area contributed by atoms with E-state index in [1.165, 1.54) is 23.1 Å². The normalized spacial score (nSPS) is 16.5. The molecular formula is C17H11ClFNOS2. The van der Waals surface area contributed by atoms with Gasteiger partial charge in [-0.15, -0.1) is 0 Å². The lowest BCUT2D eigenvalue weighted by Gasteiger charge is -2.14. The maximum absolute atomic E-state index is 13.9. The van der Waals surface area contributed by atoms with Crippen molar-refractivity contribution in [2.45, 2.75) is 6.92 Å². The predicted octanol–water partition coefficient (Wildman–Crippen LogP) is 5.19. The summed E-state index contributed by atoms with van der Waals surface area (Å²) in [5.74, 6) is -0.749. The molecule has 0 aliphatic carbocycles. The Labute approximate surface area is 147 Å². The summed E-state index contributed by atoms with van der Waals surface area (Å²) in [5.41, 5.74) is 1.98. The van der Waals surface area contributed by atoms with Crippen molar-refractivity contribution < 1.29 is 9.18 Å². The highest BCUT2D eigenvalue weighted by atomic mass is 35.5. The van der Waals surface area contributed by atoms with Crippen LogP contribution < -0.4 is 4.90 Å².